The van der Waals surface area contributed by atoms with Crippen LogP contribution >= 0.6 is 0 Å². The van der Waals surface area contributed by atoms with Crippen LogP contribution in [0, 0.1) is 12.7 Å². The number of aryl methyl sites for hydroxylation is 1. The fourth-order valence-corrected chi connectivity index (χ4v) is 2.51. The minimum Gasteiger partial charge on any atom is -0.454 e. The summed E-state index contributed by atoms with van der Waals surface area (Å²) in [6.07, 6.45) is 6.53. The summed E-state index contributed by atoms with van der Waals surface area (Å²) in [5.41, 5.74) is 0.770. The smallest absolute Gasteiger partial charge is 0.275 e. The Morgan fingerprint density at radius 1 is 1.11 bits per heavy atom. The van der Waals surface area contributed by atoms with Gasteiger partial charge >= 0.3 is 0 Å². The standard InChI is InChI=1S/C19H16FN5O2/c1-11-6-14(27-15-9-22-18(23-10-15)12-2-3-12)7-16(24-11)19(26)25-17-5-4-13(20)8-21-17/h4-10,12H,2-3H2,1H3,(H,21,25,26). The highest BCUT2D eigenvalue weighted by Gasteiger charge is 2.26. The summed E-state index contributed by atoms with van der Waals surface area (Å²) < 4.78 is 18.7. The molecule has 1 amide bonds. The van der Waals surface area contributed by atoms with Crippen molar-refractivity contribution in [2.24, 2.45) is 0 Å². The maximum Gasteiger partial charge on any atom is 0.275 e. The fraction of sp³-hybridized carbons (Fsp3) is 0.211. The second kappa shape index (κ2) is 7.06. The summed E-state index contributed by atoms with van der Waals surface area (Å²) in [7, 11) is 0. The SMILES string of the molecule is Cc1cc(Oc2cnc(C3CC3)nc2)cc(C(=O)Nc2ccc(F)cn2)n1. The van der Waals surface area contributed by atoms with Crippen molar-refractivity contribution < 1.29 is 13.9 Å². The van der Waals surface area contributed by atoms with Crippen molar-refractivity contribution in [3.8, 4) is 11.5 Å². The molecule has 1 N–H and O–H groups in total. The van der Waals surface area contributed by atoms with E-state index in [2.05, 4.69) is 25.3 Å². The molecule has 0 unspecified atom stereocenters. The van der Waals surface area contributed by atoms with Crippen LogP contribution in [0.15, 0.2) is 42.9 Å². The van der Waals surface area contributed by atoms with Gasteiger partial charge in [0.1, 0.15) is 28.9 Å². The van der Waals surface area contributed by atoms with Gasteiger partial charge in [0.05, 0.1) is 18.6 Å². The maximum absolute atomic E-state index is 12.9. The first kappa shape index (κ1) is 17.0. The van der Waals surface area contributed by atoms with Crippen LogP contribution in [0.25, 0.3) is 0 Å². The van der Waals surface area contributed by atoms with Crippen LogP contribution in [0.4, 0.5) is 10.2 Å². The lowest BCUT2D eigenvalue weighted by atomic mass is 10.2. The number of hydrogen-bond donors (Lipinski definition) is 1. The van der Waals surface area contributed by atoms with Gasteiger partial charge in [-0.25, -0.2) is 24.3 Å². The molecule has 4 rings (SSSR count). The van der Waals surface area contributed by atoms with E-state index in [9.17, 15) is 9.18 Å². The summed E-state index contributed by atoms with van der Waals surface area (Å²) >= 11 is 0. The summed E-state index contributed by atoms with van der Waals surface area (Å²) in [6, 6.07) is 5.81. The zero-order valence-electron chi connectivity index (χ0n) is 14.5. The van der Waals surface area contributed by atoms with Gasteiger partial charge in [0, 0.05) is 23.7 Å². The van der Waals surface area contributed by atoms with E-state index < -0.39 is 11.7 Å². The van der Waals surface area contributed by atoms with Crippen LogP contribution in [0.2, 0.25) is 0 Å². The number of ether oxygens (including phenoxy) is 1. The average Bonchev–Trinajstić information content (AvgIpc) is 3.49. The Bertz CT molecular complexity index is 972. The van der Waals surface area contributed by atoms with Gasteiger partial charge < -0.3 is 10.1 Å². The monoisotopic (exact) mass is 365 g/mol. The highest BCUT2D eigenvalue weighted by atomic mass is 19.1. The number of nitrogens with zero attached hydrogens (tertiary/aromatic N) is 4. The molecule has 7 nitrogen and oxygen atoms in total. The summed E-state index contributed by atoms with van der Waals surface area (Å²) in [4.78, 5) is 29.0. The van der Waals surface area contributed by atoms with Gasteiger partial charge in [0.2, 0.25) is 0 Å². The number of halogens is 1. The number of amides is 1. The molecule has 1 aliphatic rings. The van der Waals surface area contributed by atoms with Gasteiger partial charge in [-0.05, 0) is 31.9 Å². The van der Waals surface area contributed by atoms with E-state index in [4.69, 9.17) is 4.74 Å². The van der Waals surface area contributed by atoms with Gasteiger partial charge in [-0.3, -0.25) is 4.79 Å². The third kappa shape index (κ3) is 4.22. The van der Waals surface area contributed by atoms with Crippen molar-refractivity contribution in [3.63, 3.8) is 0 Å². The minimum absolute atomic E-state index is 0.159. The van der Waals surface area contributed by atoms with Crippen molar-refractivity contribution >= 4 is 11.7 Å². The van der Waals surface area contributed by atoms with E-state index in [0.717, 1.165) is 24.9 Å². The van der Waals surface area contributed by atoms with Crippen molar-refractivity contribution in [1.29, 1.82) is 0 Å². The van der Waals surface area contributed by atoms with Crippen LogP contribution in [-0.2, 0) is 0 Å². The van der Waals surface area contributed by atoms with Crippen LogP contribution in [0.5, 0.6) is 11.5 Å². The van der Waals surface area contributed by atoms with Crippen LogP contribution < -0.4 is 10.1 Å². The Balaban J connectivity index is 1.49. The van der Waals surface area contributed by atoms with Crippen LogP contribution in [0.1, 0.15) is 40.8 Å². The average molecular weight is 365 g/mol. The third-order valence-electron chi connectivity index (χ3n) is 3.95. The molecule has 3 heterocycles. The predicted octanol–water partition coefficient (Wildman–Crippen LogP) is 3.64. The highest BCUT2D eigenvalue weighted by Crippen LogP contribution is 2.38. The Kier molecular flexibility index (Phi) is 4.45. The normalized spacial score (nSPS) is 13.3. The van der Waals surface area contributed by atoms with Gasteiger partial charge in [-0.1, -0.05) is 0 Å². The molecule has 0 radical (unpaired) electrons. The Morgan fingerprint density at radius 2 is 1.89 bits per heavy atom. The van der Waals surface area contributed by atoms with Crippen molar-refractivity contribution in [3.05, 3.63) is 65.9 Å². The van der Waals surface area contributed by atoms with Gasteiger partial charge in [0.15, 0.2) is 5.75 Å². The topological polar surface area (TPSA) is 89.9 Å². The molecule has 0 saturated heterocycles. The lowest BCUT2D eigenvalue weighted by molar-refractivity contribution is 0.102. The first-order chi connectivity index (χ1) is 13.1. The number of nitrogens with one attached hydrogen (secondary N) is 1. The van der Waals surface area contributed by atoms with Crippen molar-refractivity contribution in [1.82, 2.24) is 19.9 Å². The zero-order chi connectivity index (χ0) is 18.8. The first-order valence-electron chi connectivity index (χ1n) is 8.48. The van der Waals surface area contributed by atoms with Crippen LogP contribution in [-0.4, -0.2) is 25.8 Å². The molecule has 0 aliphatic heterocycles. The second-order valence-corrected chi connectivity index (χ2v) is 6.30. The second-order valence-electron chi connectivity index (χ2n) is 6.30. The number of carbonyl (C=O) groups is 1. The fourth-order valence-electron chi connectivity index (χ4n) is 2.51. The predicted molar refractivity (Wildman–Crippen MR) is 95.2 cm³/mol. The number of pyridine rings is 2. The molecular weight excluding hydrogens is 349 g/mol. The largest absolute Gasteiger partial charge is 0.454 e. The summed E-state index contributed by atoms with van der Waals surface area (Å²) in [6.45, 7) is 1.76. The van der Waals surface area contributed by atoms with Gasteiger partial charge in [-0.15, -0.1) is 0 Å². The van der Waals surface area contributed by atoms with E-state index in [1.165, 1.54) is 18.2 Å². The molecule has 3 aromatic rings. The van der Waals surface area contributed by atoms with Gasteiger partial charge in [-0.2, -0.15) is 0 Å². The van der Waals surface area contributed by atoms with Crippen LogP contribution in [0.3, 0.4) is 0 Å². The van der Waals surface area contributed by atoms with Crippen molar-refractivity contribution in [2.45, 2.75) is 25.7 Å². The Labute approximate surface area is 154 Å². The molecule has 0 bridgehead atoms. The molecule has 0 spiro atoms. The molecule has 3 aromatic heterocycles. The van der Waals surface area contributed by atoms with Crippen molar-refractivity contribution in [2.75, 3.05) is 5.32 Å². The number of carbonyl (C=O) groups excluding carboxylic acids is 1. The molecule has 0 atom stereocenters. The molecule has 8 heteroatoms. The number of rotatable bonds is 5. The molecular formula is C19H16FN5O2. The van der Waals surface area contributed by atoms with E-state index >= 15 is 0 Å². The zero-order valence-corrected chi connectivity index (χ0v) is 14.5. The third-order valence-corrected chi connectivity index (χ3v) is 3.95. The summed E-state index contributed by atoms with van der Waals surface area (Å²) in [5, 5.41) is 2.57. The van der Waals surface area contributed by atoms with E-state index in [1.807, 2.05) is 0 Å². The molecule has 0 aromatic carbocycles. The molecule has 1 fully saturated rings. The minimum atomic E-state index is -0.479. The number of anilines is 1. The van der Waals surface area contributed by atoms with E-state index in [0.29, 0.717) is 23.1 Å². The highest BCUT2D eigenvalue weighted by molar-refractivity contribution is 6.02. The Morgan fingerprint density at radius 3 is 2.56 bits per heavy atom. The van der Waals surface area contributed by atoms with Gasteiger partial charge in [0.25, 0.3) is 5.91 Å². The molecule has 1 saturated carbocycles. The quantitative estimate of drug-likeness (QED) is 0.742. The van der Waals surface area contributed by atoms with E-state index in [-0.39, 0.29) is 11.5 Å². The molecule has 1 aliphatic carbocycles. The Hall–Kier alpha value is -3.42. The first-order valence-corrected chi connectivity index (χ1v) is 8.48. The lowest BCUT2D eigenvalue weighted by Gasteiger charge is -2.09. The number of aromatic nitrogens is 4. The number of hydrogen-bond acceptors (Lipinski definition) is 6. The maximum atomic E-state index is 12.9. The molecule has 136 valence electrons. The summed E-state index contributed by atoms with van der Waals surface area (Å²) in [5.74, 6) is 1.52. The van der Waals surface area contributed by atoms with E-state index in [1.54, 1.807) is 25.4 Å². The molecule has 27 heavy (non-hydrogen) atoms. The lowest BCUT2D eigenvalue weighted by Crippen LogP contribution is -2.15.